The number of carbonyl (C=O) groups is 1. The highest BCUT2D eigenvalue weighted by Crippen LogP contribution is 2.30. The van der Waals surface area contributed by atoms with E-state index in [4.69, 9.17) is 9.47 Å². The summed E-state index contributed by atoms with van der Waals surface area (Å²) < 4.78 is 37.0. The van der Waals surface area contributed by atoms with Crippen LogP contribution in [0.1, 0.15) is 22.3 Å². The van der Waals surface area contributed by atoms with Gasteiger partial charge in [0.1, 0.15) is 0 Å². The van der Waals surface area contributed by atoms with Crippen LogP contribution in [0.2, 0.25) is 0 Å². The standard InChI is InChI=1S/C18H14F2O3/c19-14-5-2-12(10-15(14)20)3-6-16(21)13-4-7-17-18(11-13)23-9-1-8-22-17/h2-7,10-11H,1,8-9H2. The molecule has 0 fully saturated rings. The zero-order chi connectivity index (χ0) is 16.2. The fourth-order valence-electron chi connectivity index (χ4n) is 2.20. The minimum atomic E-state index is -0.949. The van der Waals surface area contributed by atoms with Gasteiger partial charge in [-0.2, -0.15) is 0 Å². The fourth-order valence-corrected chi connectivity index (χ4v) is 2.20. The van der Waals surface area contributed by atoms with Crippen LogP contribution in [0.5, 0.6) is 11.5 Å². The molecule has 0 saturated heterocycles. The Hall–Kier alpha value is -2.69. The van der Waals surface area contributed by atoms with Crippen LogP contribution in [0.25, 0.3) is 6.08 Å². The van der Waals surface area contributed by atoms with E-state index >= 15 is 0 Å². The van der Waals surface area contributed by atoms with Gasteiger partial charge < -0.3 is 9.47 Å². The molecule has 1 heterocycles. The number of fused-ring (bicyclic) bond motifs is 1. The smallest absolute Gasteiger partial charge is 0.185 e. The third kappa shape index (κ3) is 3.56. The molecule has 5 heteroatoms. The van der Waals surface area contributed by atoms with Crippen LogP contribution in [-0.2, 0) is 0 Å². The van der Waals surface area contributed by atoms with Crippen molar-refractivity contribution in [2.75, 3.05) is 13.2 Å². The number of benzene rings is 2. The maximum Gasteiger partial charge on any atom is 0.185 e. The average Bonchev–Trinajstić information content (AvgIpc) is 2.80. The lowest BCUT2D eigenvalue weighted by Crippen LogP contribution is -1.98. The highest BCUT2D eigenvalue weighted by Gasteiger charge is 2.12. The van der Waals surface area contributed by atoms with Crippen molar-refractivity contribution in [3.05, 3.63) is 65.2 Å². The fraction of sp³-hybridized carbons (Fsp3) is 0.167. The van der Waals surface area contributed by atoms with Crippen molar-refractivity contribution in [3.63, 3.8) is 0 Å². The van der Waals surface area contributed by atoms with E-state index in [1.165, 1.54) is 18.2 Å². The molecule has 2 aromatic rings. The summed E-state index contributed by atoms with van der Waals surface area (Å²) in [6, 6.07) is 8.42. The van der Waals surface area contributed by atoms with E-state index in [2.05, 4.69) is 0 Å². The second kappa shape index (κ2) is 6.60. The lowest BCUT2D eigenvalue weighted by molar-refractivity contribution is 0.104. The molecule has 0 amide bonds. The predicted octanol–water partition coefficient (Wildman–Crippen LogP) is 4.02. The van der Waals surface area contributed by atoms with Gasteiger partial charge in [0.2, 0.25) is 0 Å². The molecule has 0 atom stereocenters. The molecule has 23 heavy (non-hydrogen) atoms. The number of rotatable bonds is 3. The van der Waals surface area contributed by atoms with Gasteiger partial charge in [-0.1, -0.05) is 12.1 Å². The first-order chi connectivity index (χ1) is 11.1. The molecule has 1 aliphatic heterocycles. The molecule has 0 unspecified atom stereocenters. The third-order valence-electron chi connectivity index (χ3n) is 3.40. The van der Waals surface area contributed by atoms with E-state index in [0.29, 0.717) is 35.8 Å². The van der Waals surface area contributed by atoms with E-state index in [1.807, 2.05) is 0 Å². The maximum atomic E-state index is 13.1. The number of allylic oxidation sites excluding steroid dienone is 1. The summed E-state index contributed by atoms with van der Waals surface area (Å²) in [6.45, 7) is 1.12. The molecule has 0 spiro atoms. The number of ketones is 1. The Morgan fingerprint density at radius 3 is 2.52 bits per heavy atom. The van der Waals surface area contributed by atoms with Crippen molar-refractivity contribution in [1.82, 2.24) is 0 Å². The first-order valence-corrected chi connectivity index (χ1v) is 7.20. The Labute approximate surface area is 132 Å². The number of halogens is 2. The molecule has 0 bridgehead atoms. The van der Waals surface area contributed by atoms with Crippen molar-refractivity contribution in [2.45, 2.75) is 6.42 Å². The van der Waals surface area contributed by atoms with Gasteiger partial charge in [0.15, 0.2) is 28.9 Å². The number of hydrogen-bond acceptors (Lipinski definition) is 3. The van der Waals surface area contributed by atoms with Crippen molar-refractivity contribution >= 4 is 11.9 Å². The SMILES string of the molecule is O=C(C=Cc1ccc(F)c(F)c1)c1ccc2c(c1)OCCCO2. The monoisotopic (exact) mass is 316 g/mol. The Balaban J connectivity index is 1.78. The van der Waals surface area contributed by atoms with E-state index < -0.39 is 11.6 Å². The summed E-state index contributed by atoms with van der Waals surface area (Å²) in [5.74, 6) is -0.977. The molecule has 0 radical (unpaired) electrons. The summed E-state index contributed by atoms with van der Waals surface area (Å²) >= 11 is 0. The lowest BCUT2D eigenvalue weighted by atomic mass is 10.1. The summed E-state index contributed by atoms with van der Waals surface area (Å²) in [4.78, 5) is 12.2. The van der Waals surface area contributed by atoms with Gasteiger partial charge in [-0.05, 0) is 42.0 Å². The molecule has 0 N–H and O–H groups in total. The van der Waals surface area contributed by atoms with Gasteiger partial charge in [-0.3, -0.25) is 4.79 Å². The van der Waals surface area contributed by atoms with Gasteiger partial charge >= 0.3 is 0 Å². The van der Waals surface area contributed by atoms with Crippen molar-refractivity contribution < 1.29 is 23.0 Å². The molecule has 1 aliphatic rings. The Bertz CT molecular complexity index is 769. The number of ether oxygens (including phenoxy) is 2. The zero-order valence-electron chi connectivity index (χ0n) is 12.2. The first kappa shape index (κ1) is 15.2. The Morgan fingerprint density at radius 2 is 1.74 bits per heavy atom. The number of hydrogen-bond donors (Lipinski definition) is 0. The molecular weight excluding hydrogens is 302 g/mol. The summed E-state index contributed by atoms with van der Waals surface area (Å²) in [5.41, 5.74) is 0.847. The van der Waals surface area contributed by atoms with Crippen LogP contribution < -0.4 is 9.47 Å². The van der Waals surface area contributed by atoms with Crippen LogP contribution in [0.15, 0.2) is 42.5 Å². The van der Waals surface area contributed by atoms with Gasteiger partial charge in [-0.25, -0.2) is 8.78 Å². The largest absolute Gasteiger partial charge is 0.490 e. The van der Waals surface area contributed by atoms with Gasteiger partial charge in [-0.15, -0.1) is 0 Å². The molecular formula is C18H14F2O3. The van der Waals surface area contributed by atoms with E-state index in [9.17, 15) is 13.6 Å². The predicted molar refractivity (Wildman–Crippen MR) is 81.8 cm³/mol. The van der Waals surface area contributed by atoms with E-state index in [0.717, 1.165) is 18.6 Å². The van der Waals surface area contributed by atoms with Crippen molar-refractivity contribution in [3.8, 4) is 11.5 Å². The Kier molecular flexibility index (Phi) is 4.37. The summed E-state index contributed by atoms with van der Waals surface area (Å²) in [7, 11) is 0. The summed E-state index contributed by atoms with van der Waals surface area (Å²) in [6.07, 6.45) is 3.54. The van der Waals surface area contributed by atoms with Crippen LogP contribution in [-0.4, -0.2) is 19.0 Å². The summed E-state index contributed by atoms with van der Waals surface area (Å²) in [5, 5.41) is 0. The maximum absolute atomic E-state index is 13.1. The molecule has 0 aliphatic carbocycles. The second-order valence-corrected chi connectivity index (χ2v) is 5.08. The van der Waals surface area contributed by atoms with Crippen LogP contribution in [0.4, 0.5) is 8.78 Å². The van der Waals surface area contributed by atoms with Crippen LogP contribution in [0, 0.1) is 11.6 Å². The minimum Gasteiger partial charge on any atom is -0.490 e. The average molecular weight is 316 g/mol. The van der Waals surface area contributed by atoms with Gasteiger partial charge in [0.05, 0.1) is 13.2 Å². The molecule has 0 saturated carbocycles. The molecule has 118 valence electrons. The zero-order valence-corrected chi connectivity index (χ0v) is 12.2. The van der Waals surface area contributed by atoms with Crippen molar-refractivity contribution in [2.24, 2.45) is 0 Å². The topological polar surface area (TPSA) is 35.5 Å². The quantitative estimate of drug-likeness (QED) is 0.634. The van der Waals surface area contributed by atoms with Crippen LogP contribution >= 0.6 is 0 Å². The second-order valence-electron chi connectivity index (χ2n) is 5.08. The third-order valence-corrected chi connectivity index (χ3v) is 3.40. The van der Waals surface area contributed by atoms with E-state index in [1.54, 1.807) is 18.2 Å². The highest BCUT2D eigenvalue weighted by atomic mass is 19.2. The van der Waals surface area contributed by atoms with Gasteiger partial charge in [0, 0.05) is 12.0 Å². The molecule has 0 aromatic heterocycles. The van der Waals surface area contributed by atoms with Crippen molar-refractivity contribution in [1.29, 1.82) is 0 Å². The Morgan fingerprint density at radius 1 is 0.957 bits per heavy atom. The number of carbonyl (C=O) groups excluding carboxylic acids is 1. The normalized spacial score (nSPS) is 13.8. The minimum absolute atomic E-state index is 0.259. The lowest BCUT2D eigenvalue weighted by Gasteiger charge is -2.07. The first-order valence-electron chi connectivity index (χ1n) is 7.20. The molecule has 3 rings (SSSR count). The highest BCUT2D eigenvalue weighted by molar-refractivity contribution is 6.07. The van der Waals surface area contributed by atoms with E-state index in [-0.39, 0.29) is 5.78 Å². The molecule has 2 aromatic carbocycles. The van der Waals surface area contributed by atoms with Gasteiger partial charge in [0.25, 0.3) is 0 Å². The molecule has 3 nitrogen and oxygen atoms in total. The van der Waals surface area contributed by atoms with Crippen LogP contribution in [0.3, 0.4) is 0 Å².